The summed E-state index contributed by atoms with van der Waals surface area (Å²) in [7, 11) is -3.03. The molecule has 0 bridgehead atoms. The number of alkyl halides is 1. The maximum atomic E-state index is 11.6. The Bertz CT molecular complexity index is 618. The van der Waals surface area contributed by atoms with Crippen molar-refractivity contribution in [2.45, 2.75) is 11.8 Å². The van der Waals surface area contributed by atoms with Gasteiger partial charge < -0.3 is 4.90 Å². The van der Waals surface area contributed by atoms with Gasteiger partial charge in [-0.3, -0.25) is 10.1 Å². The summed E-state index contributed by atoms with van der Waals surface area (Å²) in [6.45, 7) is 0.824. The fraction of sp³-hybridized carbons (Fsp3) is 0.500. The van der Waals surface area contributed by atoms with E-state index in [4.69, 9.17) is 0 Å². The molecule has 0 amide bonds. The van der Waals surface area contributed by atoms with Gasteiger partial charge in [-0.1, -0.05) is 22.0 Å². The van der Waals surface area contributed by atoms with Gasteiger partial charge >= 0.3 is 0 Å². The number of hydrogen-bond acceptors (Lipinski definition) is 5. The van der Waals surface area contributed by atoms with E-state index < -0.39 is 14.8 Å². The smallest absolute Gasteiger partial charge is 0.292 e. The molecule has 0 atom stereocenters. The molecule has 6 nitrogen and oxygen atoms in total. The summed E-state index contributed by atoms with van der Waals surface area (Å²) < 4.78 is 23.2. The van der Waals surface area contributed by atoms with Crippen LogP contribution in [0.3, 0.4) is 0 Å². The summed E-state index contributed by atoms with van der Waals surface area (Å²) in [5, 5.41) is 11.7. The van der Waals surface area contributed by atoms with Gasteiger partial charge in [-0.25, -0.2) is 8.42 Å². The fourth-order valence-corrected chi connectivity index (χ4v) is 3.87. The van der Waals surface area contributed by atoms with Crippen molar-refractivity contribution in [2.24, 2.45) is 0 Å². The minimum atomic E-state index is -3.03. The first-order chi connectivity index (χ1) is 9.43. The first-order valence-electron chi connectivity index (χ1n) is 6.21. The molecule has 8 heteroatoms. The van der Waals surface area contributed by atoms with Crippen molar-refractivity contribution in [1.82, 2.24) is 0 Å². The van der Waals surface area contributed by atoms with Gasteiger partial charge in [0.1, 0.15) is 5.69 Å². The number of hydrogen-bond donors (Lipinski definition) is 0. The molecule has 0 saturated carbocycles. The summed E-state index contributed by atoms with van der Waals surface area (Å²) in [5.74, 6) is 0.196. The molecule has 1 aliphatic rings. The number of rotatable bonds is 3. The van der Waals surface area contributed by atoms with Gasteiger partial charge in [-0.2, -0.15) is 0 Å². The SMILES string of the molecule is O=[N+]([O-])c1cc(CBr)ccc1N1CCCS(=O)(=O)CC1. The van der Waals surface area contributed by atoms with E-state index in [1.807, 2.05) is 6.07 Å². The largest absolute Gasteiger partial charge is 0.365 e. The third-order valence-corrected chi connectivity index (χ3v) is 5.65. The van der Waals surface area contributed by atoms with E-state index in [0.29, 0.717) is 30.5 Å². The van der Waals surface area contributed by atoms with Gasteiger partial charge in [0.25, 0.3) is 5.69 Å². The van der Waals surface area contributed by atoms with Crippen molar-refractivity contribution in [3.8, 4) is 0 Å². The minimum Gasteiger partial charge on any atom is -0.365 e. The monoisotopic (exact) mass is 362 g/mol. The molecular formula is C12H15BrN2O4S. The third-order valence-electron chi connectivity index (χ3n) is 3.29. The predicted octanol–water partition coefficient (Wildman–Crippen LogP) is 2.11. The lowest BCUT2D eigenvalue weighted by Gasteiger charge is -2.22. The number of nitrogens with zero attached hydrogens (tertiary/aromatic N) is 2. The molecule has 1 heterocycles. The lowest BCUT2D eigenvalue weighted by atomic mass is 10.1. The Morgan fingerprint density at radius 2 is 2.05 bits per heavy atom. The van der Waals surface area contributed by atoms with Crippen LogP contribution in [0.1, 0.15) is 12.0 Å². The Morgan fingerprint density at radius 1 is 1.30 bits per heavy atom. The zero-order valence-electron chi connectivity index (χ0n) is 10.8. The Hall–Kier alpha value is -1.15. The highest BCUT2D eigenvalue weighted by atomic mass is 79.9. The van der Waals surface area contributed by atoms with E-state index in [0.717, 1.165) is 5.56 Å². The van der Waals surface area contributed by atoms with Crippen LogP contribution in [0.25, 0.3) is 0 Å². The highest BCUT2D eigenvalue weighted by Gasteiger charge is 2.24. The minimum absolute atomic E-state index is 0.0289. The van der Waals surface area contributed by atoms with Crippen LogP contribution in [0.4, 0.5) is 11.4 Å². The van der Waals surface area contributed by atoms with Crippen LogP contribution < -0.4 is 4.90 Å². The van der Waals surface area contributed by atoms with Gasteiger partial charge in [0.2, 0.25) is 0 Å². The number of anilines is 1. The Labute approximate surface area is 126 Å². The molecular weight excluding hydrogens is 348 g/mol. The summed E-state index contributed by atoms with van der Waals surface area (Å²) in [6.07, 6.45) is 0.500. The van der Waals surface area contributed by atoms with Crippen molar-refractivity contribution in [1.29, 1.82) is 0 Å². The van der Waals surface area contributed by atoms with Crippen LogP contribution in [0.2, 0.25) is 0 Å². The molecule has 1 fully saturated rings. The number of halogens is 1. The number of nitro groups is 1. The van der Waals surface area contributed by atoms with Crippen LogP contribution in [0.15, 0.2) is 18.2 Å². The highest BCUT2D eigenvalue weighted by molar-refractivity contribution is 9.08. The van der Waals surface area contributed by atoms with Gasteiger partial charge in [0, 0.05) is 24.5 Å². The second-order valence-corrected chi connectivity index (χ2v) is 7.57. The molecule has 0 unspecified atom stereocenters. The Balaban J connectivity index is 2.34. The molecule has 0 aliphatic carbocycles. The molecule has 0 radical (unpaired) electrons. The maximum absolute atomic E-state index is 11.6. The first kappa shape index (κ1) is 15.2. The van der Waals surface area contributed by atoms with Crippen LogP contribution in [0, 0.1) is 10.1 Å². The second-order valence-electron chi connectivity index (χ2n) is 4.71. The summed E-state index contributed by atoms with van der Waals surface area (Å²) in [5.41, 5.74) is 1.35. The number of sulfone groups is 1. The van der Waals surface area contributed by atoms with Gasteiger partial charge in [-0.05, 0) is 18.1 Å². The topological polar surface area (TPSA) is 80.5 Å². The first-order valence-corrected chi connectivity index (χ1v) is 9.16. The molecule has 0 spiro atoms. The summed E-state index contributed by atoms with van der Waals surface area (Å²) in [6, 6.07) is 5.05. The second kappa shape index (κ2) is 6.09. The van der Waals surface area contributed by atoms with Crippen molar-refractivity contribution in [3.05, 3.63) is 33.9 Å². The Kier molecular flexibility index (Phi) is 4.64. The number of nitro benzene ring substituents is 1. The van der Waals surface area contributed by atoms with Crippen molar-refractivity contribution in [3.63, 3.8) is 0 Å². The summed E-state index contributed by atoms with van der Waals surface area (Å²) in [4.78, 5) is 12.6. The average Bonchev–Trinajstić information content (AvgIpc) is 2.59. The average molecular weight is 363 g/mol. The van der Waals surface area contributed by atoms with E-state index >= 15 is 0 Å². The van der Waals surface area contributed by atoms with Crippen LogP contribution >= 0.6 is 15.9 Å². The number of benzene rings is 1. The molecule has 1 saturated heterocycles. The molecule has 20 heavy (non-hydrogen) atoms. The van der Waals surface area contributed by atoms with Crippen LogP contribution in [0.5, 0.6) is 0 Å². The molecule has 1 aromatic carbocycles. The molecule has 0 aromatic heterocycles. The molecule has 0 N–H and O–H groups in total. The van der Waals surface area contributed by atoms with Gasteiger partial charge in [-0.15, -0.1) is 0 Å². The van der Waals surface area contributed by atoms with Gasteiger partial charge in [0.05, 0.1) is 16.4 Å². The van der Waals surface area contributed by atoms with E-state index in [1.54, 1.807) is 11.0 Å². The zero-order chi connectivity index (χ0) is 14.8. The van der Waals surface area contributed by atoms with Crippen LogP contribution in [-0.4, -0.2) is 37.9 Å². The van der Waals surface area contributed by atoms with Crippen LogP contribution in [-0.2, 0) is 15.2 Å². The molecule has 110 valence electrons. The van der Waals surface area contributed by atoms with E-state index in [9.17, 15) is 18.5 Å². The van der Waals surface area contributed by atoms with E-state index in [1.165, 1.54) is 6.07 Å². The fourth-order valence-electron chi connectivity index (χ4n) is 2.25. The lowest BCUT2D eigenvalue weighted by molar-refractivity contribution is -0.384. The quantitative estimate of drug-likeness (QED) is 0.467. The highest BCUT2D eigenvalue weighted by Crippen LogP contribution is 2.30. The van der Waals surface area contributed by atoms with E-state index in [2.05, 4.69) is 15.9 Å². The van der Waals surface area contributed by atoms with E-state index in [-0.39, 0.29) is 17.2 Å². The lowest BCUT2D eigenvalue weighted by Crippen LogP contribution is -2.27. The predicted molar refractivity (Wildman–Crippen MR) is 81.2 cm³/mol. The van der Waals surface area contributed by atoms with Crippen molar-refractivity contribution >= 4 is 37.1 Å². The van der Waals surface area contributed by atoms with Crippen molar-refractivity contribution in [2.75, 3.05) is 29.5 Å². The normalized spacial score (nSPS) is 18.6. The molecule has 1 aromatic rings. The third kappa shape index (κ3) is 3.49. The Morgan fingerprint density at radius 3 is 2.70 bits per heavy atom. The van der Waals surface area contributed by atoms with Crippen molar-refractivity contribution < 1.29 is 13.3 Å². The molecule has 1 aliphatic heterocycles. The standard InChI is InChI=1S/C12H15BrN2O4S/c13-9-10-2-3-11(12(8-10)15(16)17)14-4-1-6-20(18,19)7-5-14/h2-3,8H,1,4-7,9H2. The summed E-state index contributed by atoms with van der Waals surface area (Å²) >= 11 is 3.27. The van der Waals surface area contributed by atoms with Gasteiger partial charge in [0.15, 0.2) is 9.84 Å². The maximum Gasteiger partial charge on any atom is 0.292 e. The zero-order valence-corrected chi connectivity index (χ0v) is 13.2. The molecule has 2 rings (SSSR count).